The van der Waals surface area contributed by atoms with Crippen molar-refractivity contribution in [3.63, 3.8) is 0 Å². The summed E-state index contributed by atoms with van der Waals surface area (Å²) in [6.45, 7) is 0. The van der Waals surface area contributed by atoms with Crippen LogP contribution in [0.5, 0.6) is 5.75 Å². The minimum absolute atomic E-state index is 0.0838. The van der Waals surface area contributed by atoms with Gasteiger partial charge in [0.25, 0.3) is 0 Å². The van der Waals surface area contributed by atoms with E-state index in [0.29, 0.717) is 22.0 Å². The molecule has 1 aliphatic rings. The van der Waals surface area contributed by atoms with Crippen molar-refractivity contribution in [1.29, 1.82) is 5.26 Å². The third kappa shape index (κ3) is 2.18. The van der Waals surface area contributed by atoms with E-state index in [9.17, 15) is 5.26 Å². The van der Waals surface area contributed by atoms with Gasteiger partial charge in [-0.3, -0.25) is 0 Å². The number of nitrogens with zero attached hydrogens (tertiary/aromatic N) is 1. The van der Waals surface area contributed by atoms with E-state index in [1.54, 1.807) is 18.2 Å². The van der Waals surface area contributed by atoms with Crippen LogP contribution in [0.4, 0.5) is 5.69 Å². The van der Waals surface area contributed by atoms with Gasteiger partial charge in [-0.05, 0) is 17.7 Å². The molecule has 1 heterocycles. The molecule has 2 aromatic rings. The first-order chi connectivity index (χ1) is 10.1. The normalized spacial score (nSPS) is 16.9. The van der Waals surface area contributed by atoms with Gasteiger partial charge in [0, 0.05) is 22.3 Å². The average Bonchev–Trinajstić information content (AvgIpc) is 2.46. The number of nitriles is 1. The van der Waals surface area contributed by atoms with Crippen LogP contribution in [0, 0.1) is 11.3 Å². The monoisotopic (exact) mass is 297 g/mol. The molecule has 1 aliphatic heterocycles. The van der Waals surface area contributed by atoms with Gasteiger partial charge in [-0.1, -0.05) is 35.9 Å². The van der Waals surface area contributed by atoms with Crippen molar-refractivity contribution in [3.05, 3.63) is 70.1 Å². The molecule has 0 amide bonds. The van der Waals surface area contributed by atoms with Crippen LogP contribution in [0.15, 0.2) is 53.9 Å². The van der Waals surface area contributed by atoms with E-state index in [2.05, 4.69) is 6.07 Å². The second-order valence-electron chi connectivity index (χ2n) is 4.74. The molecule has 0 bridgehead atoms. The molecule has 1 atom stereocenters. The summed E-state index contributed by atoms with van der Waals surface area (Å²) in [5, 5.41) is 10.0. The van der Waals surface area contributed by atoms with Crippen molar-refractivity contribution < 1.29 is 4.74 Å². The predicted octanol–water partition coefficient (Wildman–Crippen LogP) is 3.14. The molecular formula is C16H12ClN3O. The summed E-state index contributed by atoms with van der Waals surface area (Å²) in [4.78, 5) is 0. The maximum atomic E-state index is 9.43. The highest BCUT2D eigenvalue weighted by atomic mass is 35.5. The summed E-state index contributed by atoms with van der Waals surface area (Å²) < 4.78 is 5.52. The Kier molecular flexibility index (Phi) is 3.20. The van der Waals surface area contributed by atoms with Crippen LogP contribution in [0.1, 0.15) is 17.0 Å². The number of halogens is 1. The van der Waals surface area contributed by atoms with Gasteiger partial charge in [0.05, 0.1) is 5.92 Å². The quantitative estimate of drug-likeness (QED) is 0.792. The molecule has 0 radical (unpaired) electrons. The third-order valence-electron chi connectivity index (χ3n) is 3.46. The third-order valence-corrected chi connectivity index (χ3v) is 3.80. The molecule has 0 fully saturated rings. The zero-order chi connectivity index (χ0) is 15.0. The van der Waals surface area contributed by atoms with E-state index in [4.69, 9.17) is 27.8 Å². The number of nitrogens with two attached hydrogens (primary N) is 2. The van der Waals surface area contributed by atoms with E-state index >= 15 is 0 Å². The average molecular weight is 298 g/mol. The highest BCUT2D eigenvalue weighted by Gasteiger charge is 2.31. The second-order valence-corrected chi connectivity index (χ2v) is 5.15. The lowest BCUT2D eigenvalue weighted by atomic mass is 9.83. The summed E-state index contributed by atoms with van der Waals surface area (Å²) in [6.07, 6.45) is 0. The van der Waals surface area contributed by atoms with E-state index in [-0.39, 0.29) is 11.8 Å². The van der Waals surface area contributed by atoms with Gasteiger partial charge in [-0.2, -0.15) is 5.26 Å². The number of anilines is 1. The first-order valence-corrected chi connectivity index (χ1v) is 6.71. The molecule has 21 heavy (non-hydrogen) atoms. The van der Waals surface area contributed by atoms with E-state index in [1.807, 2.05) is 24.3 Å². The van der Waals surface area contributed by atoms with Crippen LogP contribution in [0.3, 0.4) is 0 Å². The van der Waals surface area contributed by atoms with Crippen LogP contribution in [-0.2, 0) is 0 Å². The van der Waals surface area contributed by atoms with Gasteiger partial charge in [-0.25, -0.2) is 0 Å². The summed E-state index contributed by atoms with van der Waals surface area (Å²) in [7, 11) is 0. The van der Waals surface area contributed by atoms with Crippen molar-refractivity contribution in [2.75, 3.05) is 5.73 Å². The SMILES string of the molecule is N#CC1=C(N)Oc2cc(N)ccc2[C@@H]1c1ccccc1Cl. The predicted molar refractivity (Wildman–Crippen MR) is 81.6 cm³/mol. The van der Waals surface area contributed by atoms with Gasteiger partial charge in [-0.15, -0.1) is 0 Å². The van der Waals surface area contributed by atoms with Crippen LogP contribution in [0.2, 0.25) is 5.02 Å². The summed E-state index contributed by atoms with van der Waals surface area (Å²) in [5.41, 5.74) is 14.2. The standard InChI is InChI=1S/C16H12ClN3O/c17-13-4-2-1-3-10(13)15-11-6-5-9(19)7-14(11)21-16(20)12(15)8-18/h1-7,15H,19-20H2/t15-/m0/s1. The Morgan fingerprint density at radius 2 is 1.86 bits per heavy atom. The Balaban J connectivity index is 2.27. The van der Waals surface area contributed by atoms with Crippen molar-refractivity contribution in [3.8, 4) is 11.8 Å². The molecule has 3 rings (SSSR count). The molecule has 4 nitrogen and oxygen atoms in total. The fourth-order valence-electron chi connectivity index (χ4n) is 2.50. The van der Waals surface area contributed by atoms with Crippen molar-refractivity contribution in [1.82, 2.24) is 0 Å². The van der Waals surface area contributed by atoms with Crippen LogP contribution in [0.25, 0.3) is 0 Å². The zero-order valence-corrected chi connectivity index (χ0v) is 11.8. The number of ether oxygens (including phenoxy) is 1. The number of allylic oxidation sites excluding steroid dienone is 1. The lowest BCUT2D eigenvalue weighted by molar-refractivity contribution is 0.394. The topological polar surface area (TPSA) is 85.1 Å². The summed E-state index contributed by atoms with van der Waals surface area (Å²) in [5.74, 6) is 0.282. The molecule has 0 aromatic heterocycles. The Morgan fingerprint density at radius 3 is 2.57 bits per heavy atom. The Morgan fingerprint density at radius 1 is 1.10 bits per heavy atom. The van der Waals surface area contributed by atoms with E-state index in [0.717, 1.165) is 11.1 Å². The number of benzene rings is 2. The molecule has 0 aliphatic carbocycles. The minimum Gasteiger partial charge on any atom is -0.440 e. The molecule has 4 N–H and O–H groups in total. The van der Waals surface area contributed by atoms with Gasteiger partial charge in [0.15, 0.2) is 0 Å². The van der Waals surface area contributed by atoms with Gasteiger partial charge < -0.3 is 16.2 Å². The Hall–Kier alpha value is -2.64. The summed E-state index contributed by atoms with van der Waals surface area (Å²) >= 11 is 6.29. The van der Waals surface area contributed by atoms with Crippen molar-refractivity contribution in [2.24, 2.45) is 5.73 Å². The number of rotatable bonds is 1. The van der Waals surface area contributed by atoms with Crippen LogP contribution in [-0.4, -0.2) is 0 Å². The smallest absolute Gasteiger partial charge is 0.205 e. The van der Waals surface area contributed by atoms with E-state index in [1.165, 1.54) is 0 Å². The van der Waals surface area contributed by atoms with Crippen LogP contribution >= 0.6 is 11.6 Å². The molecule has 0 unspecified atom stereocenters. The van der Waals surface area contributed by atoms with Gasteiger partial charge in [0.2, 0.25) is 5.88 Å². The maximum absolute atomic E-state index is 9.43. The molecule has 0 saturated carbocycles. The van der Waals surface area contributed by atoms with E-state index < -0.39 is 0 Å². The lowest BCUT2D eigenvalue weighted by Gasteiger charge is -2.27. The summed E-state index contributed by atoms with van der Waals surface area (Å²) in [6, 6.07) is 14.8. The number of fused-ring (bicyclic) bond motifs is 1. The number of hydrogen-bond acceptors (Lipinski definition) is 4. The molecule has 0 saturated heterocycles. The minimum atomic E-state index is -0.354. The largest absolute Gasteiger partial charge is 0.440 e. The molecule has 0 spiro atoms. The lowest BCUT2D eigenvalue weighted by Crippen LogP contribution is -2.21. The number of nitrogen functional groups attached to an aromatic ring is 1. The highest BCUT2D eigenvalue weighted by Crippen LogP contribution is 2.44. The van der Waals surface area contributed by atoms with Crippen molar-refractivity contribution >= 4 is 17.3 Å². The fraction of sp³-hybridized carbons (Fsp3) is 0.0625. The molecule has 5 heteroatoms. The molecule has 104 valence electrons. The van der Waals surface area contributed by atoms with Crippen molar-refractivity contribution in [2.45, 2.75) is 5.92 Å². The Bertz CT molecular complexity index is 792. The zero-order valence-electron chi connectivity index (χ0n) is 11.0. The Labute approximate surface area is 127 Å². The highest BCUT2D eigenvalue weighted by molar-refractivity contribution is 6.31. The first-order valence-electron chi connectivity index (χ1n) is 6.33. The maximum Gasteiger partial charge on any atom is 0.205 e. The molecular weight excluding hydrogens is 286 g/mol. The number of hydrogen-bond donors (Lipinski definition) is 2. The second kappa shape index (κ2) is 5.04. The van der Waals surface area contributed by atoms with Gasteiger partial charge >= 0.3 is 0 Å². The molecule has 2 aromatic carbocycles. The van der Waals surface area contributed by atoms with Crippen LogP contribution < -0.4 is 16.2 Å². The van der Waals surface area contributed by atoms with Gasteiger partial charge in [0.1, 0.15) is 17.4 Å². The first kappa shape index (κ1) is 13.3. The fourth-order valence-corrected chi connectivity index (χ4v) is 2.75.